The van der Waals surface area contributed by atoms with Gasteiger partial charge in [0.2, 0.25) is 5.89 Å². The quantitative estimate of drug-likeness (QED) is 0.868. The van der Waals surface area contributed by atoms with Gasteiger partial charge >= 0.3 is 6.03 Å². The van der Waals surface area contributed by atoms with Gasteiger partial charge in [0.1, 0.15) is 5.75 Å². The highest BCUT2D eigenvalue weighted by atomic mass is 16.5. The lowest BCUT2D eigenvalue weighted by Gasteiger charge is -2.36. The molecule has 8 heteroatoms. The Morgan fingerprint density at radius 1 is 1.36 bits per heavy atom. The molecule has 0 bridgehead atoms. The number of benzene rings is 1. The molecule has 2 aromatic rings. The number of urea groups is 1. The fourth-order valence-corrected chi connectivity index (χ4v) is 4.25. The first-order valence-electron chi connectivity index (χ1n) is 9.77. The van der Waals surface area contributed by atoms with Crippen molar-refractivity contribution in [2.75, 3.05) is 38.2 Å². The van der Waals surface area contributed by atoms with E-state index in [1.807, 2.05) is 43.0 Å². The second kappa shape index (κ2) is 7.79. The molecule has 2 aliphatic heterocycles. The Morgan fingerprint density at radius 3 is 2.86 bits per heavy atom. The number of nitrogens with one attached hydrogen (secondary N) is 1. The van der Waals surface area contributed by atoms with Crippen LogP contribution in [-0.4, -0.2) is 54.0 Å². The van der Waals surface area contributed by atoms with E-state index in [2.05, 4.69) is 15.5 Å². The van der Waals surface area contributed by atoms with Crippen molar-refractivity contribution in [3.8, 4) is 5.75 Å². The van der Waals surface area contributed by atoms with Crippen molar-refractivity contribution in [2.45, 2.75) is 32.6 Å². The molecule has 1 N–H and O–H groups in total. The Labute approximate surface area is 164 Å². The SMILES string of the molecule is CCOc1ccccc1NC(=O)N1CC(c2nc(C)no2)C2(CCOCC2)C1. The fourth-order valence-electron chi connectivity index (χ4n) is 4.25. The van der Waals surface area contributed by atoms with E-state index in [1.54, 1.807) is 0 Å². The Balaban J connectivity index is 1.55. The molecule has 2 aliphatic rings. The molecular formula is C20H26N4O4. The lowest BCUT2D eigenvalue weighted by Crippen LogP contribution is -2.38. The fraction of sp³-hybridized carbons (Fsp3) is 0.550. The maximum absolute atomic E-state index is 13.0. The lowest BCUT2D eigenvalue weighted by atomic mass is 9.72. The molecule has 0 aliphatic carbocycles. The Hall–Kier alpha value is -2.61. The largest absolute Gasteiger partial charge is 0.492 e. The number of ether oxygens (including phenoxy) is 2. The van der Waals surface area contributed by atoms with Crippen LogP contribution in [0.1, 0.15) is 37.4 Å². The Morgan fingerprint density at radius 2 is 2.14 bits per heavy atom. The van der Waals surface area contributed by atoms with Gasteiger partial charge in [-0.25, -0.2) is 4.79 Å². The number of likely N-dealkylation sites (tertiary alicyclic amines) is 1. The van der Waals surface area contributed by atoms with E-state index >= 15 is 0 Å². The van der Waals surface area contributed by atoms with Crippen LogP contribution in [0.15, 0.2) is 28.8 Å². The van der Waals surface area contributed by atoms with Crippen molar-refractivity contribution in [3.63, 3.8) is 0 Å². The number of para-hydroxylation sites is 2. The molecule has 0 radical (unpaired) electrons. The van der Waals surface area contributed by atoms with Gasteiger partial charge in [0.05, 0.1) is 18.2 Å². The topological polar surface area (TPSA) is 89.7 Å². The summed E-state index contributed by atoms with van der Waals surface area (Å²) in [6.45, 7) is 6.84. The molecule has 4 rings (SSSR count). The number of carbonyl (C=O) groups excluding carboxylic acids is 1. The minimum atomic E-state index is -0.142. The Kier molecular flexibility index (Phi) is 5.21. The van der Waals surface area contributed by atoms with E-state index in [0.717, 1.165) is 12.8 Å². The van der Waals surface area contributed by atoms with Crippen molar-refractivity contribution in [1.82, 2.24) is 15.0 Å². The first-order valence-corrected chi connectivity index (χ1v) is 9.77. The van der Waals surface area contributed by atoms with Gasteiger partial charge in [0, 0.05) is 31.7 Å². The van der Waals surface area contributed by atoms with Gasteiger partial charge in [0.15, 0.2) is 5.82 Å². The molecule has 1 spiro atoms. The van der Waals surface area contributed by atoms with E-state index < -0.39 is 0 Å². The second-order valence-corrected chi connectivity index (χ2v) is 7.45. The van der Waals surface area contributed by atoms with E-state index in [9.17, 15) is 4.79 Å². The van der Waals surface area contributed by atoms with Gasteiger partial charge in [-0.3, -0.25) is 0 Å². The molecule has 2 fully saturated rings. The maximum atomic E-state index is 13.0. The van der Waals surface area contributed by atoms with E-state index in [4.69, 9.17) is 14.0 Å². The molecule has 28 heavy (non-hydrogen) atoms. The summed E-state index contributed by atoms with van der Waals surface area (Å²) in [5, 5.41) is 6.96. The molecule has 1 aromatic carbocycles. The van der Waals surface area contributed by atoms with Crippen molar-refractivity contribution < 1.29 is 18.8 Å². The minimum absolute atomic E-state index is 0.0190. The first kappa shape index (κ1) is 18.7. The summed E-state index contributed by atoms with van der Waals surface area (Å²) in [5.74, 6) is 1.92. The highest BCUT2D eigenvalue weighted by Crippen LogP contribution is 2.49. The number of hydrogen-bond acceptors (Lipinski definition) is 6. The minimum Gasteiger partial charge on any atom is -0.492 e. The molecule has 1 unspecified atom stereocenters. The summed E-state index contributed by atoms with van der Waals surface area (Å²) >= 11 is 0. The third-order valence-electron chi connectivity index (χ3n) is 5.69. The number of rotatable bonds is 4. The zero-order chi connectivity index (χ0) is 19.6. The van der Waals surface area contributed by atoms with Crippen LogP contribution in [0.5, 0.6) is 5.75 Å². The molecule has 8 nitrogen and oxygen atoms in total. The first-order chi connectivity index (χ1) is 13.6. The van der Waals surface area contributed by atoms with Gasteiger partial charge in [-0.2, -0.15) is 4.98 Å². The number of hydrogen-bond donors (Lipinski definition) is 1. The smallest absolute Gasteiger partial charge is 0.321 e. The average Bonchev–Trinajstić information content (AvgIpc) is 3.28. The summed E-state index contributed by atoms with van der Waals surface area (Å²) in [6, 6.07) is 7.33. The highest BCUT2D eigenvalue weighted by molar-refractivity contribution is 5.91. The zero-order valence-electron chi connectivity index (χ0n) is 16.3. The average molecular weight is 386 g/mol. The van der Waals surface area contributed by atoms with Crippen LogP contribution in [0.2, 0.25) is 0 Å². The molecule has 1 atom stereocenters. The Bertz CT molecular complexity index is 831. The molecule has 0 saturated carbocycles. The molecular weight excluding hydrogens is 360 g/mol. The third kappa shape index (κ3) is 3.56. The van der Waals surface area contributed by atoms with Crippen molar-refractivity contribution in [1.29, 1.82) is 0 Å². The summed E-state index contributed by atoms with van der Waals surface area (Å²) in [5.41, 5.74) is 0.584. The summed E-state index contributed by atoms with van der Waals surface area (Å²) in [7, 11) is 0. The van der Waals surface area contributed by atoms with Crippen molar-refractivity contribution >= 4 is 11.7 Å². The highest BCUT2D eigenvalue weighted by Gasteiger charge is 2.51. The summed E-state index contributed by atoms with van der Waals surface area (Å²) in [4.78, 5) is 19.3. The predicted molar refractivity (Wildman–Crippen MR) is 102 cm³/mol. The van der Waals surface area contributed by atoms with E-state index in [0.29, 0.717) is 56.1 Å². The number of nitrogens with zero attached hydrogens (tertiary/aromatic N) is 3. The van der Waals surface area contributed by atoms with Crippen LogP contribution in [0.3, 0.4) is 0 Å². The van der Waals surface area contributed by atoms with Crippen molar-refractivity contribution in [3.05, 3.63) is 36.0 Å². The third-order valence-corrected chi connectivity index (χ3v) is 5.69. The van der Waals surface area contributed by atoms with Crippen LogP contribution < -0.4 is 10.1 Å². The molecule has 1 aromatic heterocycles. The normalized spacial score (nSPS) is 21.1. The zero-order valence-corrected chi connectivity index (χ0v) is 16.3. The maximum Gasteiger partial charge on any atom is 0.321 e. The van der Waals surface area contributed by atoms with E-state index in [1.165, 1.54) is 0 Å². The molecule has 150 valence electrons. The second-order valence-electron chi connectivity index (χ2n) is 7.45. The van der Waals surface area contributed by atoms with Crippen LogP contribution in [-0.2, 0) is 4.74 Å². The monoisotopic (exact) mass is 386 g/mol. The standard InChI is InChI=1S/C20H26N4O4/c1-3-27-17-7-5-4-6-16(17)22-19(25)24-12-15(18-21-14(2)23-28-18)20(13-24)8-10-26-11-9-20/h4-7,15H,3,8-13H2,1-2H3,(H,22,25). The van der Waals surface area contributed by atoms with Gasteiger partial charge in [-0.15, -0.1) is 0 Å². The number of anilines is 1. The van der Waals surface area contributed by atoms with Crippen molar-refractivity contribution in [2.24, 2.45) is 5.41 Å². The number of aryl methyl sites for hydroxylation is 1. The molecule has 3 heterocycles. The van der Waals surface area contributed by atoms with Gasteiger partial charge in [-0.05, 0) is 38.8 Å². The molecule has 2 saturated heterocycles. The van der Waals surface area contributed by atoms with Crippen LogP contribution in [0, 0.1) is 12.3 Å². The predicted octanol–water partition coefficient (Wildman–Crippen LogP) is 3.20. The van der Waals surface area contributed by atoms with Gasteiger partial charge in [0.25, 0.3) is 0 Å². The summed E-state index contributed by atoms with van der Waals surface area (Å²) in [6.07, 6.45) is 1.75. The van der Waals surface area contributed by atoms with Crippen LogP contribution in [0.25, 0.3) is 0 Å². The number of aromatic nitrogens is 2. The number of amides is 2. The molecule has 2 amide bonds. The number of carbonyl (C=O) groups is 1. The van der Waals surface area contributed by atoms with Crippen LogP contribution >= 0.6 is 0 Å². The van der Waals surface area contributed by atoms with Gasteiger partial charge < -0.3 is 24.2 Å². The summed E-state index contributed by atoms with van der Waals surface area (Å²) < 4.78 is 16.7. The lowest BCUT2D eigenvalue weighted by molar-refractivity contribution is 0.00959. The van der Waals surface area contributed by atoms with Crippen LogP contribution in [0.4, 0.5) is 10.5 Å². The van der Waals surface area contributed by atoms with Gasteiger partial charge in [-0.1, -0.05) is 17.3 Å². The van der Waals surface area contributed by atoms with E-state index in [-0.39, 0.29) is 17.4 Å².